The topological polar surface area (TPSA) is 57.8 Å². The van der Waals surface area contributed by atoms with Crippen LogP contribution in [0.2, 0.25) is 0 Å². The van der Waals surface area contributed by atoms with Gasteiger partial charge in [-0.3, -0.25) is 4.79 Å². The highest BCUT2D eigenvalue weighted by Crippen LogP contribution is 2.39. The summed E-state index contributed by atoms with van der Waals surface area (Å²) in [5.74, 6) is -1.38. The van der Waals surface area contributed by atoms with Gasteiger partial charge in [0.25, 0.3) is 5.91 Å². The molecule has 0 saturated heterocycles. The van der Waals surface area contributed by atoms with E-state index < -0.39 is 17.2 Å². The van der Waals surface area contributed by atoms with Crippen LogP contribution in [0.5, 0.6) is 5.75 Å². The number of rotatable bonds is 3. The minimum Gasteiger partial charge on any atom is -0.508 e. The van der Waals surface area contributed by atoms with Crippen LogP contribution in [0.3, 0.4) is 0 Å². The van der Waals surface area contributed by atoms with Crippen LogP contribution in [0.4, 0.5) is 8.78 Å². The number of aryl methyl sites for hydroxylation is 1. The van der Waals surface area contributed by atoms with Crippen molar-refractivity contribution in [2.75, 3.05) is 6.54 Å². The summed E-state index contributed by atoms with van der Waals surface area (Å²) in [6, 6.07) is 12.6. The molecule has 7 heteroatoms. The second kappa shape index (κ2) is 8.43. The SMILES string of the molecule is Cc1nn2c(C(C)C)c(C(=O)N3CCc4ccc(O)cc4C3(C)C)ccc2c1-c1c(F)cccc1F. The number of hydrogen-bond acceptors (Lipinski definition) is 3. The molecular formula is C29H29F2N3O2. The molecule has 2 aromatic carbocycles. The minimum absolute atomic E-state index is 0.0884. The van der Waals surface area contributed by atoms with E-state index in [1.807, 2.05) is 38.7 Å². The van der Waals surface area contributed by atoms with Gasteiger partial charge in [-0.2, -0.15) is 5.10 Å². The first-order chi connectivity index (χ1) is 17.0. The number of aromatic hydroxyl groups is 1. The van der Waals surface area contributed by atoms with Crippen LogP contribution in [0.25, 0.3) is 16.6 Å². The van der Waals surface area contributed by atoms with Gasteiger partial charge in [0.15, 0.2) is 0 Å². The molecule has 3 heterocycles. The van der Waals surface area contributed by atoms with E-state index >= 15 is 0 Å². The van der Waals surface area contributed by atoms with Crippen molar-refractivity contribution in [3.8, 4) is 16.9 Å². The fraction of sp³-hybridized carbons (Fsp3) is 0.310. The van der Waals surface area contributed by atoms with Gasteiger partial charge in [-0.1, -0.05) is 26.0 Å². The summed E-state index contributed by atoms with van der Waals surface area (Å²) in [6.45, 7) is 10.2. The van der Waals surface area contributed by atoms with Crippen LogP contribution in [0.1, 0.15) is 66.5 Å². The van der Waals surface area contributed by atoms with Gasteiger partial charge in [0.2, 0.25) is 0 Å². The second-order valence-electron chi connectivity index (χ2n) is 10.2. The molecule has 0 saturated carbocycles. The third kappa shape index (κ3) is 3.56. The largest absolute Gasteiger partial charge is 0.508 e. The Morgan fingerprint density at radius 1 is 1.06 bits per heavy atom. The van der Waals surface area contributed by atoms with Crippen LogP contribution in [0, 0.1) is 18.6 Å². The maximum atomic E-state index is 14.7. The third-order valence-electron chi connectivity index (χ3n) is 7.28. The fourth-order valence-corrected chi connectivity index (χ4v) is 5.54. The van der Waals surface area contributed by atoms with E-state index in [4.69, 9.17) is 0 Å². The summed E-state index contributed by atoms with van der Waals surface area (Å²) in [6.07, 6.45) is 0.682. The molecule has 1 N–H and O–H groups in total. The molecule has 186 valence electrons. The first-order valence-electron chi connectivity index (χ1n) is 12.1. The molecule has 0 fully saturated rings. The number of hydrogen-bond donors (Lipinski definition) is 1. The molecule has 0 unspecified atom stereocenters. The Morgan fingerprint density at radius 3 is 2.42 bits per heavy atom. The molecule has 1 aliphatic heterocycles. The van der Waals surface area contributed by atoms with Crippen LogP contribution in [-0.2, 0) is 12.0 Å². The number of carbonyl (C=O) groups excluding carboxylic acids is 1. The molecule has 36 heavy (non-hydrogen) atoms. The quantitative estimate of drug-likeness (QED) is 0.365. The highest BCUT2D eigenvalue weighted by atomic mass is 19.1. The van der Waals surface area contributed by atoms with Gasteiger partial charge in [0.05, 0.1) is 33.6 Å². The van der Waals surface area contributed by atoms with Gasteiger partial charge in [-0.25, -0.2) is 13.3 Å². The summed E-state index contributed by atoms with van der Waals surface area (Å²) < 4.78 is 31.1. The van der Waals surface area contributed by atoms with Crippen molar-refractivity contribution in [1.82, 2.24) is 14.5 Å². The molecule has 1 amide bonds. The number of pyridine rings is 1. The molecule has 0 radical (unpaired) electrons. The van der Waals surface area contributed by atoms with Crippen LogP contribution in [0.15, 0.2) is 48.5 Å². The van der Waals surface area contributed by atoms with Gasteiger partial charge in [-0.15, -0.1) is 0 Å². The third-order valence-corrected chi connectivity index (χ3v) is 7.28. The lowest BCUT2D eigenvalue weighted by Crippen LogP contribution is -2.50. The number of phenolic OH excluding ortho intramolecular Hbond substituents is 1. The Hall–Kier alpha value is -3.74. The number of amides is 1. The van der Waals surface area contributed by atoms with Crippen LogP contribution < -0.4 is 0 Å². The maximum Gasteiger partial charge on any atom is 0.256 e. The van der Waals surface area contributed by atoms with Crippen molar-refractivity contribution >= 4 is 11.4 Å². The van der Waals surface area contributed by atoms with Gasteiger partial charge in [0, 0.05) is 12.1 Å². The predicted molar refractivity (Wildman–Crippen MR) is 135 cm³/mol. The van der Waals surface area contributed by atoms with E-state index in [9.17, 15) is 18.7 Å². The number of aromatic nitrogens is 2. The van der Waals surface area contributed by atoms with E-state index in [0.717, 1.165) is 11.1 Å². The van der Waals surface area contributed by atoms with Crippen molar-refractivity contribution < 1.29 is 18.7 Å². The lowest BCUT2D eigenvalue weighted by molar-refractivity contribution is 0.0510. The molecule has 2 aromatic heterocycles. The van der Waals surface area contributed by atoms with E-state index in [0.29, 0.717) is 41.0 Å². The Kier molecular flexibility index (Phi) is 5.62. The van der Waals surface area contributed by atoms with E-state index in [-0.39, 0.29) is 23.1 Å². The van der Waals surface area contributed by atoms with E-state index in [1.54, 1.807) is 35.7 Å². The summed E-state index contributed by atoms with van der Waals surface area (Å²) in [7, 11) is 0. The highest BCUT2D eigenvalue weighted by molar-refractivity contribution is 5.97. The van der Waals surface area contributed by atoms with Gasteiger partial charge >= 0.3 is 0 Å². The number of nitrogens with zero attached hydrogens (tertiary/aromatic N) is 3. The lowest BCUT2D eigenvalue weighted by Gasteiger charge is -2.44. The van der Waals surface area contributed by atoms with Crippen molar-refractivity contribution in [1.29, 1.82) is 0 Å². The van der Waals surface area contributed by atoms with Crippen molar-refractivity contribution in [3.05, 3.63) is 88.2 Å². The zero-order valence-electron chi connectivity index (χ0n) is 21.1. The number of benzene rings is 2. The summed E-state index contributed by atoms with van der Waals surface area (Å²) in [5, 5.41) is 14.7. The zero-order chi connectivity index (χ0) is 25.9. The van der Waals surface area contributed by atoms with Gasteiger partial charge in [0.1, 0.15) is 17.4 Å². The molecule has 0 spiro atoms. The number of halogens is 2. The molecule has 5 nitrogen and oxygen atoms in total. The fourth-order valence-electron chi connectivity index (χ4n) is 5.54. The minimum atomic E-state index is -0.656. The first kappa shape index (κ1) is 24.0. The van der Waals surface area contributed by atoms with Crippen molar-refractivity contribution in [2.45, 2.75) is 52.5 Å². The molecular weight excluding hydrogens is 460 g/mol. The zero-order valence-corrected chi connectivity index (χ0v) is 21.1. The molecule has 0 bridgehead atoms. The normalized spacial score (nSPS) is 14.9. The average Bonchev–Trinajstić information content (AvgIpc) is 3.14. The first-order valence-corrected chi connectivity index (χ1v) is 12.1. The van der Waals surface area contributed by atoms with Crippen molar-refractivity contribution in [2.24, 2.45) is 0 Å². The standard InChI is InChI=1S/C29H29F2N3O2/c1-16(2)27-20(28(36)33-14-13-18-9-10-19(35)15-21(18)29(33,4)5)11-12-24-25(17(3)32-34(24)27)26-22(30)7-6-8-23(26)31/h6-12,15-16,35H,13-14H2,1-5H3. The molecule has 4 aromatic rings. The number of phenols is 1. The Bertz CT molecular complexity index is 1500. The highest BCUT2D eigenvalue weighted by Gasteiger charge is 2.39. The van der Waals surface area contributed by atoms with E-state index in [1.165, 1.54) is 18.2 Å². The molecule has 0 atom stereocenters. The molecule has 5 rings (SSSR count). The lowest BCUT2D eigenvalue weighted by atomic mass is 9.82. The Morgan fingerprint density at radius 2 is 1.75 bits per heavy atom. The molecule has 0 aliphatic carbocycles. The number of carbonyl (C=O) groups is 1. The number of fused-ring (bicyclic) bond motifs is 2. The van der Waals surface area contributed by atoms with Crippen LogP contribution >= 0.6 is 0 Å². The molecule has 1 aliphatic rings. The maximum absolute atomic E-state index is 14.7. The smallest absolute Gasteiger partial charge is 0.256 e. The monoisotopic (exact) mass is 489 g/mol. The Labute approximate surface area is 209 Å². The summed E-state index contributed by atoms with van der Waals surface area (Å²) in [4.78, 5) is 15.9. The Balaban J connectivity index is 1.67. The van der Waals surface area contributed by atoms with Gasteiger partial charge in [-0.05, 0) is 80.6 Å². The predicted octanol–water partition coefficient (Wildman–Crippen LogP) is 6.35. The van der Waals surface area contributed by atoms with Crippen LogP contribution in [-0.4, -0.2) is 32.1 Å². The van der Waals surface area contributed by atoms with E-state index in [2.05, 4.69) is 5.10 Å². The average molecular weight is 490 g/mol. The summed E-state index contributed by atoms with van der Waals surface area (Å²) in [5.41, 5.74) is 3.86. The van der Waals surface area contributed by atoms with Crippen molar-refractivity contribution in [3.63, 3.8) is 0 Å². The summed E-state index contributed by atoms with van der Waals surface area (Å²) >= 11 is 0. The second-order valence-corrected chi connectivity index (χ2v) is 10.2. The van der Waals surface area contributed by atoms with Gasteiger partial charge < -0.3 is 10.0 Å².